The summed E-state index contributed by atoms with van der Waals surface area (Å²) in [4.78, 5) is 4.93. The zero-order valence-corrected chi connectivity index (χ0v) is 11.0. The van der Waals surface area contributed by atoms with Gasteiger partial charge >= 0.3 is 0 Å². The molecule has 2 aromatic rings. The van der Waals surface area contributed by atoms with E-state index in [0.29, 0.717) is 28.1 Å². The lowest BCUT2D eigenvalue weighted by molar-refractivity contribution is 0.362. The first-order valence-corrected chi connectivity index (χ1v) is 6.55. The van der Waals surface area contributed by atoms with E-state index < -0.39 is 0 Å². The quantitative estimate of drug-likeness (QED) is 0.680. The van der Waals surface area contributed by atoms with Gasteiger partial charge in [-0.1, -0.05) is 19.0 Å². The topological polar surface area (TPSA) is 64.9 Å². The molecular formula is C12H14FN3OS. The van der Waals surface area contributed by atoms with E-state index >= 15 is 0 Å². The van der Waals surface area contributed by atoms with Crippen molar-refractivity contribution in [3.8, 4) is 0 Å². The molecule has 0 saturated heterocycles. The lowest BCUT2D eigenvalue weighted by atomic mass is 10.2. The fourth-order valence-electron chi connectivity index (χ4n) is 1.34. The van der Waals surface area contributed by atoms with E-state index in [-0.39, 0.29) is 11.7 Å². The molecule has 0 saturated carbocycles. The molecule has 0 aliphatic rings. The van der Waals surface area contributed by atoms with Gasteiger partial charge < -0.3 is 10.3 Å². The highest BCUT2D eigenvalue weighted by molar-refractivity contribution is 7.98. The largest absolute Gasteiger partial charge is 0.398 e. The predicted octanol–water partition coefficient (Wildman–Crippen LogP) is 3.21. The molecular weight excluding hydrogens is 253 g/mol. The summed E-state index contributed by atoms with van der Waals surface area (Å²) in [5.74, 6) is 1.60. The Labute approximate surface area is 109 Å². The van der Waals surface area contributed by atoms with Crippen molar-refractivity contribution < 1.29 is 8.91 Å². The minimum atomic E-state index is -0.303. The number of nitrogens with two attached hydrogens (primary N) is 1. The Morgan fingerprint density at radius 1 is 1.44 bits per heavy atom. The Bertz CT molecular complexity index is 542. The standard InChI is InChI=1S/C12H14FN3OS/c1-7(2)12-15-11(16-17-12)6-18-10-5-8(13)3-4-9(10)14/h3-5,7H,6,14H2,1-2H3. The van der Waals surface area contributed by atoms with E-state index in [1.165, 1.54) is 23.9 Å². The molecule has 6 heteroatoms. The number of benzene rings is 1. The molecule has 0 radical (unpaired) electrons. The molecule has 1 aromatic heterocycles. The molecule has 0 aliphatic carbocycles. The molecule has 0 amide bonds. The van der Waals surface area contributed by atoms with Gasteiger partial charge in [0, 0.05) is 16.5 Å². The van der Waals surface area contributed by atoms with Crippen LogP contribution in [0.15, 0.2) is 27.6 Å². The van der Waals surface area contributed by atoms with Crippen LogP contribution in [0.4, 0.5) is 10.1 Å². The summed E-state index contributed by atoms with van der Waals surface area (Å²) in [5, 5.41) is 3.86. The van der Waals surface area contributed by atoms with Crippen molar-refractivity contribution >= 4 is 17.4 Å². The summed E-state index contributed by atoms with van der Waals surface area (Å²) in [5.41, 5.74) is 6.31. The summed E-state index contributed by atoms with van der Waals surface area (Å²) in [6, 6.07) is 4.29. The average Bonchev–Trinajstić information content (AvgIpc) is 2.79. The second kappa shape index (κ2) is 5.39. The number of rotatable bonds is 4. The third-order valence-corrected chi connectivity index (χ3v) is 3.38. The number of hydrogen-bond acceptors (Lipinski definition) is 5. The van der Waals surface area contributed by atoms with Crippen LogP contribution in [0, 0.1) is 5.82 Å². The molecule has 2 rings (SSSR count). The third-order valence-electron chi connectivity index (χ3n) is 2.31. The molecule has 1 heterocycles. The van der Waals surface area contributed by atoms with Crippen LogP contribution in [0.5, 0.6) is 0 Å². The Hall–Kier alpha value is -1.56. The Kier molecular flexibility index (Phi) is 3.86. The number of aromatic nitrogens is 2. The highest BCUT2D eigenvalue weighted by Gasteiger charge is 2.11. The maximum Gasteiger partial charge on any atom is 0.229 e. The molecule has 96 valence electrons. The highest BCUT2D eigenvalue weighted by Crippen LogP contribution is 2.28. The maximum absolute atomic E-state index is 13.1. The van der Waals surface area contributed by atoms with E-state index in [9.17, 15) is 4.39 Å². The predicted molar refractivity (Wildman–Crippen MR) is 68.8 cm³/mol. The first-order chi connectivity index (χ1) is 8.56. The first-order valence-electron chi connectivity index (χ1n) is 5.56. The van der Waals surface area contributed by atoms with Gasteiger partial charge in [0.25, 0.3) is 0 Å². The summed E-state index contributed by atoms with van der Waals surface area (Å²) in [7, 11) is 0. The Morgan fingerprint density at radius 2 is 2.22 bits per heavy atom. The molecule has 18 heavy (non-hydrogen) atoms. The van der Waals surface area contributed by atoms with Crippen LogP contribution in [0.2, 0.25) is 0 Å². The van der Waals surface area contributed by atoms with Crippen molar-refractivity contribution in [1.82, 2.24) is 10.1 Å². The van der Waals surface area contributed by atoms with Gasteiger partial charge in [0.2, 0.25) is 5.89 Å². The van der Waals surface area contributed by atoms with Gasteiger partial charge in [0.15, 0.2) is 5.82 Å². The van der Waals surface area contributed by atoms with Gasteiger partial charge in [-0.3, -0.25) is 0 Å². The fraction of sp³-hybridized carbons (Fsp3) is 0.333. The monoisotopic (exact) mass is 267 g/mol. The lowest BCUT2D eigenvalue weighted by Crippen LogP contribution is -1.92. The third kappa shape index (κ3) is 3.01. The van der Waals surface area contributed by atoms with Crippen molar-refractivity contribution in [2.24, 2.45) is 0 Å². The molecule has 4 nitrogen and oxygen atoms in total. The second-order valence-electron chi connectivity index (χ2n) is 4.17. The minimum absolute atomic E-state index is 0.204. The number of anilines is 1. The number of thioether (sulfide) groups is 1. The molecule has 2 N–H and O–H groups in total. The Balaban J connectivity index is 2.04. The van der Waals surface area contributed by atoms with Crippen LogP contribution < -0.4 is 5.73 Å². The van der Waals surface area contributed by atoms with Crippen LogP contribution in [-0.2, 0) is 5.75 Å². The molecule has 0 spiro atoms. The summed E-state index contributed by atoms with van der Waals surface area (Å²) < 4.78 is 18.2. The molecule has 0 bridgehead atoms. The van der Waals surface area contributed by atoms with Gasteiger partial charge in [0.05, 0.1) is 5.75 Å². The maximum atomic E-state index is 13.1. The summed E-state index contributed by atoms with van der Waals surface area (Å²) in [6.45, 7) is 3.96. The van der Waals surface area contributed by atoms with E-state index in [1.807, 2.05) is 13.8 Å². The fourth-order valence-corrected chi connectivity index (χ4v) is 2.17. The van der Waals surface area contributed by atoms with Gasteiger partial charge in [-0.25, -0.2) is 4.39 Å². The SMILES string of the molecule is CC(C)c1nc(CSc2cc(F)ccc2N)no1. The number of nitrogen functional groups attached to an aromatic ring is 1. The molecule has 0 unspecified atom stereocenters. The van der Waals surface area contributed by atoms with E-state index in [1.54, 1.807) is 6.07 Å². The van der Waals surface area contributed by atoms with Crippen LogP contribution in [0.3, 0.4) is 0 Å². The summed E-state index contributed by atoms with van der Waals surface area (Å²) >= 11 is 1.39. The van der Waals surface area contributed by atoms with Crippen LogP contribution in [-0.4, -0.2) is 10.1 Å². The van der Waals surface area contributed by atoms with Crippen molar-refractivity contribution in [1.29, 1.82) is 0 Å². The van der Waals surface area contributed by atoms with Crippen molar-refractivity contribution in [3.63, 3.8) is 0 Å². The number of nitrogens with zero attached hydrogens (tertiary/aromatic N) is 2. The van der Waals surface area contributed by atoms with Gasteiger partial charge in [-0.2, -0.15) is 4.98 Å². The highest BCUT2D eigenvalue weighted by atomic mass is 32.2. The Morgan fingerprint density at radius 3 is 2.89 bits per heavy atom. The zero-order valence-electron chi connectivity index (χ0n) is 10.2. The molecule has 0 fully saturated rings. The van der Waals surface area contributed by atoms with Crippen molar-refractivity contribution in [2.75, 3.05) is 5.73 Å². The molecule has 1 aromatic carbocycles. The lowest BCUT2D eigenvalue weighted by Gasteiger charge is -2.03. The van der Waals surface area contributed by atoms with Gasteiger partial charge in [-0.15, -0.1) is 11.8 Å². The van der Waals surface area contributed by atoms with Gasteiger partial charge in [0.1, 0.15) is 5.82 Å². The van der Waals surface area contributed by atoms with E-state index in [0.717, 1.165) is 0 Å². The summed E-state index contributed by atoms with van der Waals surface area (Å²) in [6.07, 6.45) is 0. The van der Waals surface area contributed by atoms with Crippen molar-refractivity contribution in [2.45, 2.75) is 30.4 Å². The number of halogens is 1. The van der Waals surface area contributed by atoms with Crippen LogP contribution in [0.1, 0.15) is 31.5 Å². The first kappa shape index (κ1) is 12.9. The molecule has 0 atom stereocenters. The number of hydrogen-bond donors (Lipinski definition) is 1. The second-order valence-corrected chi connectivity index (χ2v) is 5.19. The average molecular weight is 267 g/mol. The van der Waals surface area contributed by atoms with Crippen LogP contribution >= 0.6 is 11.8 Å². The van der Waals surface area contributed by atoms with Crippen molar-refractivity contribution in [3.05, 3.63) is 35.7 Å². The van der Waals surface area contributed by atoms with E-state index in [2.05, 4.69) is 10.1 Å². The normalized spacial score (nSPS) is 11.1. The molecule has 0 aliphatic heterocycles. The van der Waals surface area contributed by atoms with Gasteiger partial charge in [-0.05, 0) is 18.2 Å². The zero-order chi connectivity index (χ0) is 13.1. The minimum Gasteiger partial charge on any atom is -0.398 e. The van der Waals surface area contributed by atoms with E-state index in [4.69, 9.17) is 10.3 Å². The smallest absolute Gasteiger partial charge is 0.229 e. The van der Waals surface area contributed by atoms with Crippen LogP contribution in [0.25, 0.3) is 0 Å².